The van der Waals surface area contributed by atoms with E-state index in [1.807, 2.05) is 14.0 Å². The number of carbonyl (C=O) groups is 2. The maximum atomic E-state index is 11.2. The first-order valence-corrected chi connectivity index (χ1v) is 5.19. The van der Waals surface area contributed by atoms with Gasteiger partial charge >= 0.3 is 5.97 Å². The second-order valence-electron chi connectivity index (χ2n) is 3.71. The highest BCUT2D eigenvalue weighted by Gasteiger charge is 2.08. The van der Waals surface area contributed by atoms with Gasteiger partial charge in [0.25, 0.3) is 0 Å². The van der Waals surface area contributed by atoms with Gasteiger partial charge in [-0.15, -0.1) is 0 Å². The second kappa shape index (κ2) is 8.23. The van der Waals surface area contributed by atoms with Gasteiger partial charge in [-0.1, -0.05) is 6.92 Å². The number of carboxylic acid groups (broad SMARTS) is 1. The van der Waals surface area contributed by atoms with Crippen LogP contribution in [0.4, 0.5) is 0 Å². The van der Waals surface area contributed by atoms with Gasteiger partial charge in [-0.25, -0.2) is 0 Å². The van der Waals surface area contributed by atoms with Crippen LogP contribution in [0.2, 0.25) is 0 Å². The fourth-order valence-corrected chi connectivity index (χ4v) is 1.17. The normalized spacial score (nSPS) is 12.1. The topological polar surface area (TPSA) is 78.4 Å². The van der Waals surface area contributed by atoms with Crippen LogP contribution < -0.4 is 10.6 Å². The van der Waals surface area contributed by atoms with Crippen LogP contribution >= 0.6 is 0 Å². The van der Waals surface area contributed by atoms with Crippen molar-refractivity contribution in [2.75, 3.05) is 20.1 Å². The molecule has 5 heteroatoms. The van der Waals surface area contributed by atoms with Crippen molar-refractivity contribution in [1.82, 2.24) is 10.6 Å². The molecule has 0 aromatic rings. The maximum Gasteiger partial charge on any atom is 0.303 e. The molecule has 0 aromatic heterocycles. The lowest BCUT2D eigenvalue weighted by molar-refractivity contribution is -0.138. The lowest BCUT2D eigenvalue weighted by Crippen LogP contribution is -2.29. The van der Waals surface area contributed by atoms with E-state index in [1.165, 1.54) is 0 Å². The third-order valence-electron chi connectivity index (χ3n) is 2.00. The van der Waals surface area contributed by atoms with E-state index in [-0.39, 0.29) is 18.2 Å². The Balaban J connectivity index is 3.48. The fourth-order valence-electron chi connectivity index (χ4n) is 1.17. The molecule has 1 unspecified atom stereocenters. The van der Waals surface area contributed by atoms with E-state index in [0.29, 0.717) is 13.0 Å². The number of rotatable bonds is 8. The summed E-state index contributed by atoms with van der Waals surface area (Å²) in [6.07, 6.45) is 1.38. The molecule has 0 bridgehead atoms. The highest BCUT2D eigenvalue weighted by molar-refractivity contribution is 5.75. The summed E-state index contributed by atoms with van der Waals surface area (Å²) >= 11 is 0. The Kier molecular flexibility index (Phi) is 7.62. The van der Waals surface area contributed by atoms with Gasteiger partial charge in [0.1, 0.15) is 0 Å². The minimum absolute atomic E-state index is 0.0116. The Morgan fingerprint density at radius 1 is 1.40 bits per heavy atom. The van der Waals surface area contributed by atoms with E-state index < -0.39 is 5.97 Å². The summed E-state index contributed by atoms with van der Waals surface area (Å²) in [4.78, 5) is 21.6. The zero-order chi connectivity index (χ0) is 11.7. The number of aliphatic carboxylic acids is 1. The van der Waals surface area contributed by atoms with Crippen LogP contribution in [0.5, 0.6) is 0 Å². The Labute approximate surface area is 90.2 Å². The van der Waals surface area contributed by atoms with Crippen molar-refractivity contribution in [3.8, 4) is 0 Å². The van der Waals surface area contributed by atoms with Crippen molar-refractivity contribution < 1.29 is 14.7 Å². The summed E-state index contributed by atoms with van der Waals surface area (Å²) in [5, 5.41) is 14.2. The number of amides is 1. The van der Waals surface area contributed by atoms with Crippen molar-refractivity contribution in [1.29, 1.82) is 0 Å². The van der Waals surface area contributed by atoms with Crippen molar-refractivity contribution in [3.05, 3.63) is 0 Å². The van der Waals surface area contributed by atoms with Crippen molar-refractivity contribution in [3.63, 3.8) is 0 Å². The highest BCUT2D eigenvalue weighted by atomic mass is 16.4. The van der Waals surface area contributed by atoms with Crippen LogP contribution in [0.1, 0.15) is 26.2 Å². The summed E-state index contributed by atoms with van der Waals surface area (Å²) in [6, 6.07) is 0. The van der Waals surface area contributed by atoms with Crippen LogP contribution in [0, 0.1) is 5.92 Å². The first-order valence-electron chi connectivity index (χ1n) is 5.19. The number of hydrogen-bond acceptors (Lipinski definition) is 3. The van der Waals surface area contributed by atoms with Crippen LogP contribution in [0.25, 0.3) is 0 Å². The molecule has 15 heavy (non-hydrogen) atoms. The van der Waals surface area contributed by atoms with Crippen LogP contribution in [-0.2, 0) is 9.59 Å². The third-order valence-corrected chi connectivity index (χ3v) is 2.00. The van der Waals surface area contributed by atoms with E-state index >= 15 is 0 Å². The molecule has 0 aromatic carbocycles. The summed E-state index contributed by atoms with van der Waals surface area (Å²) in [7, 11) is 1.84. The second-order valence-corrected chi connectivity index (χ2v) is 3.71. The molecule has 1 atom stereocenters. The summed E-state index contributed by atoms with van der Waals surface area (Å²) in [5.74, 6) is -0.856. The van der Waals surface area contributed by atoms with Crippen molar-refractivity contribution >= 4 is 11.9 Å². The predicted octanol–water partition coefficient (Wildman–Crippen LogP) is 0.213. The summed E-state index contributed by atoms with van der Waals surface area (Å²) in [6.45, 7) is 3.06. The summed E-state index contributed by atoms with van der Waals surface area (Å²) in [5.41, 5.74) is 0. The van der Waals surface area contributed by atoms with Gasteiger partial charge in [0.2, 0.25) is 5.91 Å². The standard InChI is InChI=1S/C10H20N2O3/c1-8(6-10(14)15)7-12-9(13)4-3-5-11-2/h8,11H,3-7H2,1-2H3,(H,12,13)(H,14,15). The van der Waals surface area contributed by atoms with Gasteiger partial charge in [0.05, 0.1) is 0 Å². The summed E-state index contributed by atoms with van der Waals surface area (Å²) < 4.78 is 0. The predicted molar refractivity (Wildman–Crippen MR) is 57.6 cm³/mol. The van der Waals surface area contributed by atoms with Crippen molar-refractivity contribution in [2.45, 2.75) is 26.2 Å². The Bertz CT molecular complexity index is 207. The van der Waals surface area contributed by atoms with E-state index in [0.717, 1.165) is 13.0 Å². The molecule has 0 spiro atoms. The van der Waals surface area contributed by atoms with E-state index in [9.17, 15) is 9.59 Å². The zero-order valence-corrected chi connectivity index (χ0v) is 9.38. The molecule has 0 aliphatic carbocycles. The van der Waals surface area contributed by atoms with Gasteiger partial charge in [0, 0.05) is 19.4 Å². The molecule has 0 fully saturated rings. The first-order chi connectivity index (χ1) is 7.06. The molecule has 0 saturated heterocycles. The molecule has 88 valence electrons. The van der Waals surface area contributed by atoms with Crippen LogP contribution in [0.3, 0.4) is 0 Å². The van der Waals surface area contributed by atoms with Gasteiger partial charge in [-0.2, -0.15) is 0 Å². The molecule has 0 heterocycles. The molecule has 0 aliphatic heterocycles. The van der Waals surface area contributed by atoms with E-state index in [4.69, 9.17) is 5.11 Å². The van der Waals surface area contributed by atoms with E-state index in [2.05, 4.69) is 10.6 Å². The average Bonchev–Trinajstić information content (AvgIpc) is 2.14. The van der Waals surface area contributed by atoms with E-state index in [1.54, 1.807) is 0 Å². The van der Waals surface area contributed by atoms with Gasteiger partial charge in [0.15, 0.2) is 0 Å². The third kappa shape index (κ3) is 9.21. The number of carbonyl (C=O) groups excluding carboxylic acids is 1. The Morgan fingerprint density at radius 3 is 2.60 bits per heavy atom. The van der Waals surface area contributed by atoms with Crippen LogP contribution in [0.15, 0.2) is 0 Å². The van der Waals surface area contributed by atoms with Gasteiger partial charge in [-0.05, 0) is 25.9 Å². The lowest BCUT2D eigenvalue weighted by Gasteiger charge is -2.10. The molecule has 1 amide bonds. The number of carboxylic acids is 1. The minimum atomic E-state index is -0.827. The SMILES string of the molecule is CNCCCC(=O)NCC(C)CC(=O)O. The zero-order valence-electron chi connectivity index (χ0n) is 9.38. The molecule has 3 N–H and O–H groups in total. The minimum Gasteiger partial charge on any atom is -0.481 e. The molecular formula is C10H20N2O3. The van der Waals surface area contributed by atoms with Gasteiger partial charge in [-0.3, -0.25) is 9.59 Å². The molecule has 0 radical (unpaired) electrons. The molecule has 0 rings (SSSR count). The molecule has 0 saturated carbocycles. The first kappa shape index (κ1) is 13.9. The Morgan fingerprint density at radius 2 is 2.07 bits per heavy atom. The van der Waals surface area contributed by atoms with Gasteiger partial charge < -0.3 is 15.7 Å². The lowest BCUT2D eigenvalue weighted by atomic mass is 10.1. The highest BCUT2D eigenvalue weighted by Crippen LogP contribution is 1.99. The molecule has 0 aliphatic rings. The Hall–Kier alpha value is -1.10. The molecule has 5 nitrogen and oxygen atoms in total. The number of hydrogen-bond donors (Lipinski definition) is 3. The fraction of sp³-hybridized carbons (Fsp3) is 0.800. The quantitative estimate of drug-likeness (QED) is 0.507. The maximum absolute atomic E-state index is 11.2. The smallest absolute Gasteiger partial charge is 0.303 e. The average molecular weight is 216 g/mol. The van der Waals surface area contributed by atoms with Crippen LogP contribution in [-0.4, -0.2) is 37.1 Å². The largest absolute Gasteiger partial charge is 0.481 e. The molecular weight excluding hydrogens is 196 g/mol. The monoisotopic (exact) mass is 216 g/mol. The van der Waals surface area contributed by atoms with Crippen molar-refractivity contribution in [2.24, 2.45) is 5.92 Å². The number of nitrogens with one attached hydrogen (secondary N) is 2.